The van der Waals surface area contributed by atoms with Crippen LogP contribution in [0.25, 0.3) is 0 Å². The third-order valence-electron chi connectivity index (χ3n) is 3.52. The fourth-order valence-corrected chi connectivity index (χ4v) is 2.47. The van der Waals surface area contributed by atoms with E-state index in [1.54, 1.807) is 6.20 Å². The van der Waals surface area contributed by atoms with Crippen molar-refractivity contribution in [3.8, 4) is 0 Å². The molecule has 0 aromatic carbocycles. The van der Waals surface area contributed by atoms with Crippen LogP contribution in [0.15, 0.2) is 18.3 Å². The number of aromatic nitrogens is 1. The lowest BCUT2D eigenvalue weighted by Crippen LogP contribution is -2.32. The van der Waals surface area contributed by atoms with Gasteiger partial charge in [0.15, 0.2) is 0 Å². The molecule has 1 atom stereocenters. The zero-order chi connectivity index (χ0) is 12.3. The van der Waals surface area contributed by atoms with Crippen LogP contribution in [0.3, 0.4) is 0 Å². The molecule has 3 N–H and O–H groups in total. The van der Waals surface area contributed by atoms with E-state index >= 15 is 0 Å². The second kappa shape index (κ2) is 5.02. The minimum atomic E-state index is -0.585. The lowest BCUT2D eigenvalue weighted by Gasteiger charge is -2.26. The molecular formula is C13H21N3O. The summed E-state index contributed by atoms with van der Waals surface area (Å²) in [5.74, 6) is 0.525. The first-order chi connectivity index (χ1) is 8.07. The zero-order valence-corrected chi connectivity index (χ0v) is 10.4. The van der Waals surface area contributed by atoms with Crippen LogP contribution in [-0.4, -0.2) is 40.7 Å². The molecule has 94 valence electrons. The molecule has 17 heavy (non-hydrogen) atoms. The highest BCUT2D eigenvalue weighted by Gasteiger charge is 2.29. The van der Waals surface area contributed by atoms with Gasteiger partial charge in [-0.25, -0.2) is 4.98 Å². The van der Waals surface area contributed by atoms with E-state index < -0.39 is 5.60 Å². The minimum absolute atomic E-state index is 0.525. The van der Waals surface area contributed by atoms with Crippen LogP contribution in [0.1, 0.15) is 24.8 Å². The highest BCUT2D eigenvalue weighted by atomic mass is 16.3. The summed E-state index contributed by atoms with van der Waals surface area (Å²) < 4.78 is 0. The van der Waals surface area contributed by atoms with Crippen molar-refractivity contribution >= 4 is 5.82 Å². The van der Waals surface area contributed by atoms with Gasteiger partial charge < -0.3 is 15.7 Å². The van der Waals surface area contributed by atoms with Crippen molar-refractivity contribution in [1.82, 2.24) is 9.88 Å². The van der Waals surface area contributed by atoms with Gasteiger partial charge in [0, 0.05) is 19.2 Å². The van der Waals surface area contributed by atoms with Gasteiger partial charge in [-0.1, -0.05) is 0 Å². The van der Waals surface area contributed by atoms with E-state index in [-0.39, 0.29) is 0 Å². The maximum absolute atomic E-state index is 10.6. The largest absolute Gasteiger partial charge is 0.389 e. The second-order valence-electron chi connectivity index (χ2n) is 5.15. The van der Waals surface area contributed by atoms with Crippen molar-refractivity contribution in [3.05, 3.63) is 23.9 Å². The SMILES string of the molecule is CN1CCCC(O)(Cc2ccnc(N)c2)CC1. The van der Waals surface area contributed by atoms with Gasteiger partial charge in [-0.3, -0.25) is 0 Å². The van der Waals surface area contributed by atoms with Crippen molar-refractivity contribution in [2.75, 3.05) is 25.9 Å². The van der Waals surface area contributed by atoms with Crippen LogP contribution < -0.4 is 5.73 Å². The number of pyridine rings is 1. The first-order valence-corrected chi connectivity index (χ1v) is 6.19. The lowest BCUT2D eigenvalue weighted by molar-refractivity contribution is 0.0263. The number of nitrogen functional groups attached to an aromatic ring is 1. The highest BCUT2D eigenvalue weighted by Crippen LogP contribution is 2.26. The Bertz CT molecular complexity index is 383. The summed E-state index contributed by atoms with van der Waals surface area (Å²) in [6.07, 6.45) is 5.11. The Labute approximate surface area is 102 Å². The average molecular weight is 235 g/mol. The molecule has 0 amide bonds. The minimum Gasteiger partial charge on any atom is -0.389 e. The normalized spacial score (nSPS) is 26.7. The molecule has 4 heteroatoms. The molecule has 0 saturated carbocycles. The molecule has 1 saturated heterocycles. The van der Waals surface area contributed by atoms with Crippen molar-refractivity contribution in [1.29, 1.82) is 0 Å². The summed E-state index contributed by atoms with van der Waals surface area (Å²) in [6.45, 7) is 2.03. The molecule has 1 aliphatic heterocycles. The van der Waals surface area contributed by atoms with Gasteiger partial charge in [0.2, 0.25) is 0 Å². The van der Waals surface area contributed by atoms with E-state index in [0.29, 0.717) is 12.2 Å². The molecule has 0 aliphatic carbocycles. The molecular weight excluding hydrogens is 214 g/mol. The van der Waals surface area contributed by atoms with E-state index in [1.807, 2.05) is 12.1 Å². The number of nitrogens with two attached hydrogens (primary N) is 1. The summed E-state index contributed by atoms with van der Waals surface area (Å²) in [7, 11) is 2.11. The number of nitrogens with zero attached hydrogens (tertiary/aromatic N) is 2. The maximum atomic E-state index is 10.6. The summed E-state index contributed by atoms with van der Waals surface area (Å²) in [4.78, 5) is 6.25. The topological polar surface area (TPSA) is 62.4 Å². The van der Waals surface area contributed by atoms with Crippen LogP contribution in [0, 0.1) is 0 Å². The van der Waals surface area contributed by atoms with Crippen LogP contribution in [-0.2, 0) is 6.42 Å². The van der Waals surface area contributed by atoms with E-state index in [4.69, 9.17) is 5.73 Å². The molecule has 1 fully saturated rings. The van der Waals surface area contributed by atoms with E-state index in [0.717, 1.165) is 37.9 Å². The molecule has 0 spiro atoms. The van der Waals surface area contributed by atoms with Crippen molar-refractivity contribution in [2.24, 2.45) is 0 Å². The predicted octanol–water partition coefficient (Wildman–Crippen LogP) is 1.05. The standard InChI is InChI=1S/C13H21N3O/c1-16-7-2-4-13(17,5-8-16)10-11-3-6-15-12(14)9-11/h3,6,9,17H,2,4-5,7-8,10H2,1H3,(H2,14,15). The van der Waals surface area contributed by atoms with Gasteiger partial charge in [0.05, 0.1) is 5.60 Å². The fourth-order valence-electron chi connectivity index (χ4n) is 2.47. The summed E-state index contributed by atoms with van der Waals surface area (Å²) in [5.41, 5.74) is 6.15. The van der Waals surface area contributed by atoms with Crippen LogP contribution in [0.5, 0.6) is 0 Å². The Morgan fingerprint density at radius 1 is 1.47 bits per heavy atom. The van der Waals surface area contributed by atoms with E-state index in [1.165, 1.54) is 0 Å². The predicted molar refractivity (Wildman–Crippen MR) is 68.7 cm³/mol. The first kappa shape index (κ1) is 12.3. The third-order valence-corrected chi connectivity index (χ3v) is 3.52. The van der Waals surface area contributed by atoms with Gasteiger partial charge >= 0.3 is 0 Å². The molecule has 0 radical (unpaired) electrons. The van der Waals surface area contributed by atoms with Gasteiger partial charge in [-0.2, -0.15) is 0 Å². The number of rotatable bonds is 2. The Morgan fingerprint density at radius 2 is 2.29 bits per heavy atom. The highest BCUT2D eigenvalue weighted by molar-refractivity contribution is 5.32. The average Bonchev–Trinajstić information content (AvgIpc) is 2.41. The number of aliphatic hydroxyl groups is 1. The van der Waals surface area contributed by atoms with Gasteiger partial charge in [-0.15, -0.1) is 0 Å². The number of hydrogen-bond acceptors (Lipinski definition) is 4. The van der Waals surface area contributed by atoms with Crippen LogP contribution >= 0.6 is 0 Å². The second-order valence-corrected chi connectivity index (χ2v) is 5.15. The molecule has 2 rings (SSSR count). The van der Waals surface area contributed by atoms with Crippen molar-refractivity contribution in [2.45, 2.75) is 31.3 Å². The molecule has 1 aliphatic rings. The Balaban J connectivity index is 2.06. The van der Waals surface area contributed by atoms with Gasteiger partial charge in [-0.05, 0) is 50.6 Å². The van der Waals surface area contributed by atoms with Gasteiger partial charge in [0.1, 0.15) is 5.82 Å². The van der Waals surface area contributed by atoms with Gasteiger partial charge in [0.25, 0.3) is 0 Å². The Kier molecular flexibility index (Phi) is 3.64. The van der Waals surface area contributed by atoms with E-state index in [2.05, 4.69) is 16.9 Å². The molecule has 2 heterocycles. The molecule has 0 bridgehead atoms. The zero-order valence-electron chi connectivity index (χ0n) is 10.4. The number of anilines is 1. The molecule has 1 aromatic rings. The van der Waals surface area contributed by atoms with Crippen LogP contribution in [0.4, 0.5) is 5.82 Å². The molecule has 1 unspecified atom stereocenters. The van der Waals surface area contributed by atoms with Crippen molar-refractivity contribution < 1.29 is 5.11 Å². The maximum Gasteiger partial charge on any atom is 0.123 e. The smallest absolute Gasteiger partial charge is 0.123 e. The number of likely N-dealkylation sites (tertiary alicyclic amines) is 1. The van der Waals surface area contributed by atoms with Crippen molar-refractivity contribution in [3.63, 3.8) is 0 Å². The summed E-state index contributed by atoms with van der Waals surface area (Å²) in [5, 5.41) is 10.6. The third kappa shape index (κ3) is 3.41. The quantitative estimate of drug-likeness (QED) is 0.804. The summed E-state index contributed by atoms with van der Waals surface area (Å²) in [6, 6.07) is 3.79. The molecule has 1 aromatic heterocycles. The number of hydrogen-bond donors (Lipinski definition) is 2. The summed E-state index contributed by atoms with van der Waals surface area (Å²) >= 11 is 0. The Morgan fingerprint density at radius 3 is 3.06 bits per heavy atom. The fraction of sp³-hybridized carbons (Fsp3) is 0.615. The molecule has 4 nitrogen and oxygen atoms in total. The van der Waals surface area contributed by atoms with Crippen LogP contribution in [0.2, 0.25) is 0 Å². The van der Waals surface area contributed by atoms with E-state index in [9.17, 15) is 5.11 Å². The Hall–Kier alpha value is -1.13. The monoisotopic (exact) mass is 235 g/mol. The first-order valence-electron chi connectivity index (χ1n) is 6.19. The lowest BCUT2D eigenvalue weighted by atomic mass is 9.88.